The van der Waals surface area contributed by atoms with Gasteiger partial charge >= 0.3 is 0 Å². The molecule has 1 aliphatic rings. The Labute approximate surface area is 134 Å². The van der Waals surface area contributed by atoms with Crippen molar-refractivity contribution in [1.82, 2.24) is 4.90 Å². The van der Waals surface area contributed by atoms with Crippen molar-refractivity contribution in [3.8, 4) is 11.5 Å². The fourth-order valence-corrected chi connectivity index (χ4v) is 3.15. The lowest BCUT2D eigenvalue weighted by atomic mass is 10.1. The van der Waals surface area contributed by atoms with Crippen LogP contribution in [0.4, 0.5) is 0 Å². The van der Waals surface area contributed by atoms with Crippen LogP contribution in [-0.4, -0.2) is 30.6 Å². The molecule has 1 amide bonds. The van der Waals surface area contributed by atoms with Crippen LogP contribution in [0.1, 0.15) is 17.4 Å². The summed E-state index contributed by atoms with van der Waals surface area (Å²) in [7, 11) is 0. The Morgan fingerprint density at radius 2 is 2.05 bits per heavy atom. The average molecular weight is 317 g/mol. The highest BCUT2D eigenvalue weighted by molar-refractivity contribution is 7.10. The Hall–Kier alpha value is -2.01. The molecular formula is C17H19NO3S. The second-order valence-electron chi connectivity index (χ2n) is 5.14. The van der Waals surface area contributed by atoms with Gasteiger partial charge in [-0.25, -0.2) is 0 Å². The maximum absolute atomic E-state index is 12.4. The second-order valence-corrected chi connectivity index (χ2v) is 6.17. The number of hydrogen-bond acceptors (Lipinski definition) is 4. The summed E-state index contributed by atoms with van der Waals surface area (Å²) in [4.78, 5) is 15.4. The van der Waals surface area contributed by atoms with Gasteiger partial charge in [-0.15, -0.1) is 11.3 Å². The normalized spacial score (nSPS) is 13.0. The summed E-state index contributed by atoms with van der Waals surface area (Å²) in [5.41, 5.74) is 1.06. The molecule has 0 aliphatic carbocycles. The summed E-state index contributed by atoms with van der Waals surface area (Å²) in [6.45, 7) is 4.46. The number of benzene rings is 1. The summed E-state index contributed by atoms with van der Waals surface area (Å²) in [6.07, 6.45) is 0.468. The summed E-state index contributed by atoms with van der Waals surface area (Å²) >= 11 is 1.62. The first-order chi connectivity index (χ1) is 10.8. The Bertz CT molecular complexity index is 639. The first-order valence-corrected chi connectivity index (χ1v) is 8.33. The molecule has 0 saturated carbocycles. The van der Waals surface area contributed by atoms with Gasteiger partial charge in [-0.05, 0) is 36.1 Å². The molecule has 0 fully saturated rings. The molecule has 1 aromatic heterocycles. The summed E-state index contributed by atoms with van der Waals surface area (Å²) in [5.74, 6) is 1.70. The third-order valence-electron chi connectivity index (χ3n) is 3.62. The van der Waals surface area contributed by atoms with Crippen LogP contribution in [-0.2, 0) is 17.8 Å². The quantitative estimate of drug-likeness (QED) is 0.850. The highest BCUT2D eigenvalue weighted by Gasteiger charge is 2.16. The van der Waals surface area contributed by atoms with Crippen molar-refractivity contribution in [1.29, 1.82) is 0 Å². The monoisotopic (exact) mass is 317 g/mol. The van der Waals surface area contributed by atoms with E-state index in [2.05, 4.69) is 0 Å². The lowest BCUT2D eigenvalue weighted by Crippen LogP contribution is -2.31. The van der Waals surface area contributed by atoms with Gasteiger partial charge in [-0.2, -0.15) is 0 Å². The van der Waals surface area contributed by atoms with Gasteiger partial charge in [0.25, 0.3) is 0 Å². The fourth-order valence-electron chi connectivity index (χ4n) is 2.46. The highest BCUT2D eigenvalue weighted by atomic mass is 32.1. The predicted molar refractivity (Wildman–Crippen MR) is 86.5 cm³/mol. The number of nitrogens with zero attached hydrogens (tertiary/aromatic N) is 1. The molecule has 0 saturated heterocycles. The molecule has 0 atom stereocenters. The van der Waals surface area contributed by atoms with Crippen LogP contribution < -0.4 is 9.47 Å². The Kier molecular flexibility index (Phi) is 4.63. The summed E-state index contributed by atoms with van der Waals surface area (Å²) in [5, 5.41) is 2.00. The average Bonchev–Trinajstić information content (AvgIpc) is 3.05. The zero-order valence-corrected chi connectivity index (χ0v) is 13.4. The van der Waals surface area contributed by atoms with Crippen LogP contribution in [0, 0.1) is 0 Å². The number of hydrogen-bond donors (Lipinski definition) is 0. The summed E-state index contributed by atoms with van der Waals surface area (Å²) in [6, 6.07) is 9.86. The first-order valence-electron chi connectivity index (χ1n) is 7.45. The van der Waals surface area contributed by atoms with E-state index in [1.54, 1.807) is 11.3 Å². The smallest absolute Gasteiger partial charge is 0.228 e. The van der Waals surface area contributed by atoms with Gasteiger partial charge in [-0.1, -0.05) is 12.1 Å². The number of ether oxygens (including phenoxy) is 2. The molecule has 22 heavy (non-hydrogen) atoms. The minimum absolute atomic E-state index is 0.153. The number of carbonyl (C=O) groups excluding carboxylic acids is 1. The number of thiophene rings is 1. The number of rotatable bonds is 5. The minimum Gasteiger partial charge on any atom is -0.486 e. The molecule has 0 unspecified atom stereocenters. The maximum Gasteiger partial charge on any atom is 0.228 e. The third kappa shape index (κ3) is 3.42. The number of fused-ring (bicyclic) bond motifs is 1. The lowest BCUT2D eigenvalue weighted by Gasteiger charge is -2.23. The fraction of sp³-hybridized carbons (Fsp3) is 0.353. The SMILES string of the molecule is CCN(Cc1ccc2c(c1)OCCO2)C(=O)Cc1cccs1. The molecule has 1 aromatic carbocycles. The zero-order valence-electron chi connectivity index (χ0n) is 12.6. The van der Waals surface area contributed by atoms with Gasteiger partial charge in [0.2, 0.25) is 5.91 Å². The Balaban J connectivity index is 1.68. The molecule has 0 radical (unpaired) electrons. The van der Waals surface area contributed by atoms with Crippen molar-refractivity contribution >= 4 is 17.2 Å². The van der Waals surface area contributed by atoms with Gasteiger partial charge < -0.3 is 14.4 Å². The first kappa shape index (κ1) is 14.9. The third-order valence-corrected chi connectivity index (χ3v) is 4.50. The van der Waals surface area contributed by atoms with Crippen molar-refractivity contribution in [2.45, 2.75) is 19.9 Å². The van der Waals surface area contributed by atoms with Crippen LogP contribution >= 0.6 is 11.3 Å². The van der Waals surface area contributed by atoms with Crippen molar-refractivity contribution < 1.29 is 14.3 Å². The van der Waals surface area contributed by atoms with Crippen molar-refractivity contribution in [2.24, 2.45) is 0 Å². The Morgan fingerprint density at radius 1 is 1.23 bits per heavy atom. The molecule has 1 aliphatic heterocycles. The largest absolute Gasteiger partial charge is 0.486 e. The lowest BCUT2D eigenvalue weighted by molar-refractivity contribution is -0.130. The molecule has 116 valence electrons. The topological polar surface area (TPSA) is 38.8 Å². The van der Waals surface area contributed by atoms with Crippen LogP contribution in [0.5, 0.6) is 11.5 Å². The zero-order chi connectivity index (χ0) is 15.4. The van der Waals surface area contributed by atoms with Gasteiger partial charge in [0.05, 0.1) is 6.42 Å². The molecule has 0 N–H and O–H groups in total. The molecule has 2 aromatic rings. The molecule has 5 heteroatoms. The van der Waals surface area contributed by atoms with Crippen molar-refractivity contribution in [3.63, 3.8) is 0 Å². The maximum atomic E-state index is 12.4. The van der Waals surface area contributed by atoms with Gasteiger partial charge in [0.1, 0.15) is 13.2 Å². The second kappa shape index (κ2) is 6.83. The van der Waals surface area contributed by atoms with Gasteiger partial charge in [-0.3, -0.25) is 4.79 Å². The van der Waals surface area contributed by atoms with E-state index in [0.29, 0.717) is 32.7 Å². The van der Waals surface area contributed by atoms with E-state index in [0.717, 1.165) is 21.9 Å². The van der Waals surface area contributed by atoms with Gasteiger partial charge in [0.15, 0.2) is 11.5 Å². The van der Waals surface area contributed by atoms with Gasteiger partial charge in [0, 0.05) is 18.0 Å². The van der Waals surface area contributed by atoms with Crippen LogP contribution in [0.3, 0.4) is 0 Å². The van der Waals surface area contributed by atoms with Crippen molar-refractivity contribution in [2.75, 3.05) is 19.8 Å². The number of carbonyl (C=O) groups is 1. The van der Waals surface area contributed by atoms with Crippen molar-refractivity contribution in [3.05, 3.63) is 46.2 Å². The standard InChI is InChI=1S/C17H19NO3S/c1-2-18(17(19)11-14-4-3-9-22-14)12-13-5-6-15-16(10-13)21-8-7-20-15/h3-6,9-10H,2,7-8,11-12H2,1H3. The van der Waals surface area contributed by atoms with E-state index in [9.17, 15) is 4.79 Å². The van der Waals surface area contributed by atoms with Crippen LogP contribution in [0.2, 0.25) is 0 Å². The van der Waals surface area contributed by atoms with Crippen LogP contribution in [0.15, 0.2) is 35.7 Å². The van der Waals surface area contributed by atoms with E-state index >= 15 is 0 Å². The molecule has 2 heterocycles. The van der Waals surface area contributed by atoms with E-state index in [1.807, 2.05) is 47.5 Å². The van der Waals surface area contributed by atoms with E-state index in [1.165, 1.54) is 0 Å². The minimum atomic E-state index is 0.153. The van der Waals surface area contributed by atoms with E-state index < -0.39 is 0 Å². The Morgan fingerprint density at radius 3 is 2.77 bits per heavy atom. The van der Waals surface area contributed by atoms with Crippen LogP contribution in [0.25, 0.3) is 0 Å². The highest BCUT2D eigenvalue weighted by Crippen LogP contribution is 2.31. The summed E-state index contributed by atoms with van der Waals surface area (Å²) < 4.78 is 11.1. The van der Waals surface area contributed by atoms with E-state index in [4.69, 9.17) is 9.47 Å². The molecule has 4 nitrogen and oxygen atoms in total. The molecule has 0 spiro atoms. The number of likely N-dealkylation sites (N-methyl/N-ethyl adjacent to an activating group) is 1. The molecular weight excluding hydrogens is 298 g/mol. The van der Waals surface area contributed by atoms with E-state index in [-0.39, 0.29) is 5.91 Å². The molecule has 3 rings (SSSR count). The predicted octanol–water partition coefficient (Wildman–Crippen LogP) is 3.11. The number of amides is 1. The molecule has 0 bridgehead atoms.